The molecular weight excluding hydrogens is 232 g/mol. The monoisotopic (exact) mass is 244 g/mol. The Morgan fingerprint density at radius 3 is 2.00 bits per heavy atom. The van der Waals surface area contributed by atoms with Crippen LogP contribution in [0.2, 0.25) is 5.02 Å². The number of halogens is 1. The van der Waals surface area contributed by atoms with Gasteiger partial charge in [0, 0.05) is 24.8 Å². The Hall–Kier alpha value is -1.10. The van der Waals surface area contributed by atoms with Crippen molar-refractivity contribution < 1.29 is 19.0 Å². The van der Waals surface area contributed by atoms with Crippen LogP contribution in [0.3, 0.4) is 0 Å². The zero-order valence-corrected chi connectivity index (χ0v) is 10.1. The Labute approximate surface area is 99.1 Å². The molecule has 0 heterocycles. The third-order valence-corrected chi connectivity index (χ3v) is 2.51. The van der Waals surface area contributed by atoms with Crippen LogP contribution in [0.5, 0.6) is 0 Å². The molecule has 0 bridgehead atoms. The van der Waals surface area contributed by atoms with E-state index in [0.717, 1.165) is 0 Å². The second kappa shape index (κ2) is 5.30. The lowest BCUT2D eigenvalue weighted by Crippen LogP contribution is -2.40. The van der Waals surface area contributed by atoms with Crippen LogP contribution >= 0.6 is 11.6 Å². The van der Waals surface area contributed by atoms with E-state index in [1.165, 1.54) is 21.3 Å². The van der Waals surface area contributed by atoms with Gasteiger partial charge in [-0.25, -0.2) is 4.79 Å². The number of esters is 1. The van der Waals surface area contributed by atoms with E-state index in [1.54, 1.807) is 24.3 Å². The molecule has 0 saturated heterocycles. The number of carbonyl (C=O) groups is 1. The quantitative estimate of drug-likeness (QED) is 0.600. The number of rotatable bonds is 4. The van der Waals surface area contributed by atoms with Crippen LogP contribution in [0.15, 0.2) is 24.3 Å². The lowest BCUT2D eigenvalue weighted by atomic mass is 10.1. The first kappa shape index (κ1) is 13.0. The second-order valence-electron chi connectivity index (χ2n) is 3.02. The molecule has 0 aromatic heterocycles. The predicted molar refractivity (Wildman–Crippen MR) is 59.2 cm³/mol. The van der Waals surface area contributed by atoms with E-state index < -0.39 is 11.8 Å². The Bertz CT molecular complexity index is 357. The van der Waals surface area contributed by atoms with E-state index in [1.807, 2.05) is 0 Å². The van der Waals surface area contributed by atoms with E-state index in [4.69, 9.17) is 21.1 Å². The molecule has 1 aromatic carbocycles. The average molecular weight is 245 g/mol. The molecule has 0 atom stereocenters. The summed E-state index contributed by atoms with van der Waals surface area (Å²) < 4.78 is 14.9. The Balaban J connectivity index is 3.20. The molecule has 1 aromatic rings. The third-order valence-electron chi connectivity index (χ3n) is 2.25. The van der Waals surface area contributed by atoms with E-state index in [9.17, 15) is 4.79 Å². The van der Waals surface area contributed by atoms with Gasteiger partial charge in [0.15, 0.2) is 0 Å². The average Bonchev–Trinajstić information content (AvgIpc) is 2.33. The van der Waals surface area contributed by atoms with Gasteiger partial charge >= 0.3 is 5.97 Å². The summed E-state index contributed by atoms with van der Waals surface area (Å²) in [6.07, 6.45) is 0. The zero-order valence-electron chi connectivity index (χ0n) is 9.32. The first-order valence-corrected chi connectivity index (χ1v) is 4.93. The smallest absolute Gasteiger partial charge is 0.371 e. The summed E-state index contributed by atoms with van der Waals surface area (Å²) >= 11 is 5.76. The Morgan fingerprint density at radius 1 is 1.12 bits per heavy atom. The summed E-state index contributed by atoms with van der Waals surface area (Å²) in [5.41, 5.74) is 0.522. The van der Waals surface area contributed by atoms with Crippen LogP contribution in [0.4, 0.5) is 0 Å². The molecule has 0 aliphatic heterocycles. The van der Waals surface area contributed by atoms with Crippen LogP contribution in [-0.2, 0) is 24.8 Å². The summed E-state index contributed by atoms with van der Waals surface area (Å²) in [5.74, 6) is -2.17. The molecule has 4 nitrogen and oxygen atoms in total. The van der Waals surface area contributed by atoms with Crippen LogP contribution < -0.4 is 0 Å². The Morgan fingerprint density at radius 2 is 1.62 bits per heavy atom. The van der Waals surface area contributed by atoms with E-state index in [0.29, 0.717) is 10.6 Å². The SMILES string of the molecule is COC(=O)C(OC)(OC)c1ccc(Cl)cc1. The van der Waals surface area contributed by atoms with Gasteiger partial charge in [0.2, 0.25) is 0 Å². The van der Waals surface area contributed by atoms with Gasteiger partial charge in [0.1, 0.15) is 0 Å². The number of benzene rings is 1. The van der Waals surface area contributed by atoms with Gasteiger partial charge in [0.05, 0.1) is 7.11 Å². The fourth-order valence-electron chi connectivity index (χ4n) is 1.41. The van der Waals surface area contributed by atoms with Crippen LogP contribution in [0, 0.1) is 0 Å². The molecule has 0 aliphatic carbocycles. The number of methoxy groups -OCH3 is 3. The van der Waals surface area contributed by atoms with Gasteiger partial charge in [-0.15, -0.1) is 0 Å². The second-order valence-corrected chi connectivity index (χ2v) is 3.46. The molecule has 0 spiro atoms. The van der Waals surface area contributed by atoms with Gasteiger partial charge in [-0.3, -0.25) is 0 Å². The summed E-state index contributed by atoms with van der Waals surface area (Å²) in [4.78, 5) is 11.7. The standard InChI is InChI=1S/C11H13ClO4/c1-14-10(13)11(15-2,16-3)8-4-6-9(12)7-5-8/h4-7H,1-3H3. The molecule has 0 radical (unpaired) electrons. The number of hydrogen-bond donors (Lipinski definition) is 0. The van der Waals surface area contributed by atoms with E-state index in [-0.39, 0.29) is 0 Å². The molecular formula is C11H13ClO4. The van der Waals surface area contributed by atoms with E-state index in [2.05, 4.69) is 4.74 Å². The molecule has 88 valence electrons. The van der Waals surface area contributed by atoms with Crippen molar-refractivity contribution in [1.29, 1.82) is 0 Å². The van der Waals surface area contributed by atoms with Gasteiger partial charge in [-0.2, -0.15) is 0 Å². The molecule has 0 fully saturated rings. The maximum atomic E-state index is 11.7. The van der Waals surface area contributed by atoms with Crippen molar-refractivity contribution >= 4 is 17.6 Å². The first-order chi connectivity index (χ1) is 7.60. The van der Waals surface area contributed by atoms with Gasteiger partial charge in [0.25, 0.3) is 5.79 Å². The molecule has 1 rings (SSSR count). The van der Waals surface area contributed by atoms with Crippen LogP contribution in [-0.4, -0.2) is 27.3 Å². The van der Waals surface area contributed by atoms with Crippen molar-refractivity contribution in [3.8, 4) is 0 Å². The fraction of sp³-hybridized carbons (Fsp3) is 0.364. The number of hydrogen-bond acceptors (Lipinski definition) is 4. The summed E-state index contributed by atoms with van der Waals surface area (Å²) in [7, 11) is 4.01. The highest BCUT2D eigenvalue weighted by Crippen LogP contribution is 2.28. The van der Waals surface area contributed by atoms with Crippen LogP contribution in [0.25, 0.3) is 0 Å². The molecule has 0 aliphatic rings. The van der Waals surface area contributed by atoms with Crippen molar-refractivity contribution in [3.05, 3.63) is 34.9 Å². The Kier molecular flexibility index (Phi) is 4.29. The predicted octanol–water partition coefficient (Wildman–Crippen LogP) is 1.96. The van der Waals surface area contributed by atoms with Gasteiger partial charge in [-0.05, 0) is 12.1 Å². The minimum atomic E-state index is -1.54. The molecule has 0 unspecified atom stereocenters. The fourth-order valence-corrected chi connectivity index (χ4v) is 1.53. The van der Waals surface area contributed by atoms with Crippen molar-refractivity contribution in [3.63, 3.8) is 0 Å². The third kappa shape index (κ3) is 2.19. The van der Waals surface area contributed by atoms with Crippen molar-refractivity contribution in [2.45, 2.75) is 5.79 Å². The van der Waals surface area contributed by atoms with Crippen molar-refractivity contribution in [1.82, 2.24) is 0 Å². The van der Waals surface area contributed by atoms with Gasteiger partial charge in [-0.1, -0.05) is 23.7 Å². The normalized spacial score (nSPS) is 11.2. The minimum absolute atomic E-state index is 0.522. The lowest BCUT2D eigenvalue weighted by molar-refractivity contribution is -0.233. The molecule has 5 heteroatoms. The molecule has 16 heavy (non-hydrogen) atoms. The molecule has 0 saturated carbocycles. The summed E-state index contributed by atoms with van der Waals surface area (Å²) in [6, 6.07) is 6.58. The van der Waals surface area contributed by atoms with Gasteiger partial charge < -0.3 is 14.2 Å². The lowest BCUT2D eigenvalue weighted by Gasteiger charge is -2.27. The first-order valence-electron chi connectivity index (χ1n) is 4.55. The highest BCUT2D eigenvalue weighted by atomic mass is 35.5. The highest BCUT2D eigenvalue weighted by molar-refractivity contribution is 6.30. The van der Waals surface area contributed by atoms with Crippen LogP contribution in [0.1, 0.15) is 5.56 Å². The van der Waals surface area contributed by atoms with E-state index >= 15 is 0 Å². The largest absolute Gasteiger partial charge is 0.465 e. The van der Waals surface area contributed by atoms with Crippen molar-refractivity contribution in [2.24, 2.45) is 0 Å². The summed E-state index contributed by atoms with van der Waals surface area (Å²) in [6.45, 7) is 0. The zero-order chi connectivity index (χ0) is 12.2. The topological polar surface area (TPSA) is 44.8 Å². The minimum Gasteiger partial charge on any atom is -0.465 e. The van der Waals surface area contributed by atoms with Crippen molar-refractivity contribution in [2.75, 3.05) is 21.3 Å². The number of ether oxygens (including phenoxy) is 3. The number of carbonyl (C=O) groups excluding carboxylic acids is 1. The molecule has 0 amide bonds. The maximum absolute atomic E-state index is 11.7. The summed E-state index contributed by atoms with van der Waals surface area (Å²) in [5, 5.41) is 0.565. The highest BCUT2D eigenvalue weighted by Gasteiger charge is 2.42. The molecule has 0 N–H and O–H groups in total. The maximum Gasteiger partial charge on any atom is 0.371 e.